The number of aromatic nitrogens is 1. The number of benzene rings is 3. The molecule has 290 valence electrons. The number of rotatable bonds is 20. The lowest BCUT2D eigenvalue weighted by Crippen LogP contribution is -2.59. The van der Waals surface area contributed by atoms with Crippen LogP contribution < -0.4 is 43.8 Å². The van der Waals surface area contributed by atoms with Crippen LogP contribution >= 0.6 is 11.6 Å². The Kier molecular flexibility index (Phi) is 15.6. The van der Waals surface area contributed by atoms with E-state index in [1.54, 1.807) is 54.7 Å². The molecular formula is C39H47ClN10O5. The van der Waals surface area contributed by atoms with E-state index in [-0.39, 0.29) is 51.2 Å². The third kappa shape index (κ3) is 13.2. The van der Waals surface area contributed by atoms with Gasteiger partial charge in [-0.3, -0.25) is 24.2 Å². The number of nitrogens with one attached hydrogen (secondary N) is 6. The monoisotopic (exact) mass is 770 g/mol. The number of guanidine groups is 1. The minimum Gasteiger partial charge on any atom is -0.370 e. The number of nitrogens with zero attached hydrogens (tertiary/aromatic N) is 1. The van der Waals surface area contributed by atoms with Gasteiger partial charge in [-0.25, -0.2) is 4.79 Å². The molecule has 4 atom stereocenters. The van der Waals surface area contributed by atoms with E-state index in [0.717, 1.165) is 22.0 Å². The van der Waals surface area contributed by atoms with Gasteiger partial charge in [-0.2, -0.15) is 0 Å². The zero-order valence-electron chi connectivity index (χ0n) is 30.2. The van der Waals surface area contributed by atoms with Crippen molar-refractivity contribution in [3.63, 3.8) is 0 Å². The van der Waals surface area contributed by atoms with Crippen molar-refractivity contribution < 1.29 is 24.0 Å². The highest BCUT2D eigenvalue weighted by Gasteiger charge is 2.31. The van der Waals surface area contributed by atoms with Crippen LogP contribution in [0.1, 0.15) is 29.5 Å². The van der Waals surface area contributed by atoms with Crippen molar-refractivity contribution in [1.82, 2.24) is 31.6 Å². The molecule has 12 N–H and O–H groups in total. The molecule has 0 fully saturated rings. The second-order valence-corrected chi connectivity index (χ2v) is 13.3. The first-order valence-corrected chi connectivity index (χ1v) is 18.1. The van der Waals surface area contributed by atoms with Gasteiger partial charge in [0.25, 0.3) is 0 Å². The first-order chi connectivity index (χ1) is 26.4. The maximum atomic E-state index is 14.1. The number of para-hydroxylation sites is 1. The zero-order chi connectivity index (χ0) is 39.7. The summed E-state index contributed by atoms with van der Waals surface area (Å²) >= 11 is 6.06. The van der Waals surface area contributed by atoms with Crippen molar-refractivity contribution in [2.45, 2.75) is 56.3 Å². The van der Waals surface area contributed by atoms with Gasteiger partial charge in [0, 0.05) is 54.5 Å². The standard InChI is InChI=1S/C39H47ClN10O5/c1-2-18-45-39(55)50-33(21-25-14-16-27(40)17-15-25)37(54)49-32(20-24-9-4-3-5-10-24)36(53)47-30(13-8-19-44-38(42)43)35(52)48-31(34(41)51)22-26-23-46-29-12-7-6-11-28(26)29/h2-7,9-12,14-17,23,30-33,46H,1,8,13,18-22H2,(H2,41,51)(H,47,53)(H,48,52)(H,49,54)(H4,42,43,44)(H2,45,50,55)/t30-,31-,32-,33-/m0/s1. The van der Waals surface area contributed by atoms with Crippen molar-refractivity contribution in [2.75, 3.05) is 13.1 Å². The highest BCUT2D eigenvalue weighted by Crippen LogP contribution is 2.19. The van der Waals surface area contributed by atoms with Gasteiger partial charge in [0.05, 0.1) is 0 Å². The van der Waals surface area contributed by atoms with Crippen LogP contribution in [0.3, 0.4) is 0 Å². The minimum atomic E-state index is -1.20. The molecule has 0 saturated heterocycles. The van der Waals surface area contributed by atoms with E-state index in [1.807, 2.05) is 30.3 Å². The Hall–Kier alpha value is -6.35. The summed E-state index contributed by atoms with van der Waals surface area (Å²) in [6, 6.07) is 18.0. The number of urea groups is 1. The number of halogens is 1. The summed E-state index contributed by atoms with van der Waals surface area (Å²) in [5, 5.41) is 14.9. The lowest BCUT2D eigenvalue weighted by Gasteiger charge is -2.26. The maximum Gasteiger partial charge on any atom is 0.315 e. The van der Waals surface area contributed by atoms with Crippen molar-refractivity contribution >= 4 is 58.1 Å². The Morgan fingerprint density at radius 3 is 1.96 bits per heavy atom. The molecule has 3 aromatic carbocycles. The van der Waals surface area contributed by atoms with Gasteiger partial charge in [0.1, 0.15) is 24.2 Å². The SMILES string of the molecule is C=CCNC(=O)N[C@@H](Cc1ccc(Cl)cc1)C(=O)N[C@@H](Cc1ccccc1)C(=O)N[C@@H](CCCN=C(N)N)C(=O)N[C@@H](Cc1c[nH]c2ccccc12)C(N)=O. The Labute approximate surface area is 323 Å². The number of H-pyrrole nitrogens is 1. The van der Waals surface area contributed by atoms with E-state index in [2.05, 4.69) is 43.1 Å². The van der Waals surface area contributed by atoms with Gasteiger partial charge < -0.3 is 48.8 Å². The average molecular weight is 771 g/mol. The number of fused-ring (bicyclic) bond motifs is 1. The molecule has 15 nitrogen and oxygen atoms in total. The van der Waals surface area contributed by atoms with Crippen LogP contribution in [0.5, 0.6) is 0 Å². The average Bonchev–Trinajstić information content (AvgIpc) is 3.57. The summed E-state index contributed by atoms with van der Waals surface area (Å²) < 4.78 is 0. The topological polar surface area (TPSA) is 252 Å². The Morgan fingerprint density at radius 1 is 0.727 bits per heavy atom. The lowest BCUT2D eigenvalue weighted by molar-refractivity contribution is -0.133. The van der Waals surface area contributed by atoms with Crippen LogP contribution in [0, 0.1) is 0 Å². The molecule has 1 aromatic heterocycles. The van der Waals surface area contributed by atoms with Crippen LogP contribution in [0.4, 0.5) is 4.79 Å². The number of nitrogens with two attached hydrogens (primary N) is 3. The highest BCUT2D eigenvalue weighted by atomic mass is 35.5. The number of aliphatic imine (C=N–C) groups is 1. The molecule has 0 saturated carbocycles. The molecule has 1 heterocycles. The van der Waals surface area contributed by atoms with E-state index in [4.69, 9.17) is 28.8 Å². The summed E-state index contributed by atoms with van der Waals surface area (Å²) in [4.78, 5) is 74.4. The highest BCUT2D eigenvalue weighted by molar-refractivity contribution is 6.30. The smallest absolute Gasteiger partial charge is 0.315 e. The molecule has 0 aliphatic heterocycles. The molecule has 16 heteroatoms. The van der Waals surface area contributed by atoms with Crippen LogP contribution in [0.15, 0.2) is 103 Å². The number of carbonyl (C=O) groups is 5. The number of amides is 6. The first-order valence-electron chi connectivity index (χ1n) is 17.7. The Balaban J connectivity index is 1.58. The molecule has 6 amide bonds. The molecule has 0 aliphatic rings. The zero-order valence-corrected chi connectivity index (χ0v) is 31.0. The fourth-order valence-corrected chi connectivity index (χ4v) is 5.96. The number of primary amides is 1. The van der Waals surface area contributed by atoms with Gasteiger partial charge in [-0.05, 0) is 47.7 Å². The molecule has 0 aliphatic carbocycles. The molecule has 0 radical (unpaired) electrons. The summed E-state index contributed by atoms with van der Waals surface area (Å²) in [5.41, 5.74) is 19.8. The molecule has 0 bridgehead atoms. The Bertz CT molecular complexity index is 1960. The largest absolute Gasteiger partial charge is 0.370 e. The number of aromatic amines is 1. The van der Waals surface area contributed by atoms with E-state index in [9.17, 15) is 24.0 Å². The van der Waals surface area contributed by atoms with Gasteiger partial charge >= 0.3 is 6.03 Å². The van der Waals surface area contributed by atoms with Crippen LogP contribution in [-0.2, 0) is 38.4 Å². The Morgan fingerprint density at radius 2 is 1.31 bits per heavy atom. The lowest BCUT2D eigenvalue weighted by atomic mass is 10.0. The minimum absolute atomic E-state index is 0.0432. The summed E-state index contributed by atoms with van der Waals surface area (Å²) in [7, 11) is 0. The van der Waals surface area contributed by atoms with Crippen molar-refractivity contribution in [1.29, 1.82) is 0 Å². The fraction of sp³-hybridized carbons (Fsp3) is 0.282. The third-order valence-electron chi connectivity index (χ3n) is 8.63. The van der Waals surface area contributed by atoms with E-state index in [0.29, 0.717) is 10.6 Å². The maximum absolute atomic E-state index is 14.1. The van der Waals surface area contributed by atoms with Crippen molar-refractivity contribution in [2.24, 2.45) is 22.2 Å². The predicted octanol–water partition coefficient (Wildman–Crippen LogP) is 1.70. The second kappa shape index (κ2) is 20.8. The van der Waals surface area contributed by atoms with Gasteiger partial charge in [0.2, 0.25) is 23.6 Å². The van der Waals surface area contributed by atoms with Crippen LogP contribution in [0.2, 0.25) is 5.02 Å². The van der Waals surface area contributed by atoms with E-state index < -0.39 is 53.8 Å². The van der Waals surface area contributed by atoms with Gasteiger partial charge in [-0.1, -0.05) is 78.3 Å². The molecule has 0 unspecified atom stereocenters. The van der Waals surface area contributed by atoms with Crippen molar-refractivity contribution in [3.05, 3.63) is 119 Å². The number of hydrogen-bond acceptors (Lipinski definition) is 6. The summed E-state index contributed by atoms with van der Waals surface area (Å²) in [6.07, 6.45) is 3.80. The molecule has 4 rings (SSSR count). The molecule has 55 heavy (non-hydrogen) atoms. The van der Waals surface area contributed by atoms with Crippen LogP contribution in [0.25, 0.3) is 10.9 Å². The normalized spacial score (nSPS) is 13.0. The predicted molar refractivity (Wildman–Crippen MR) is 213 cm³/mol. The number of hydrogen-bond donors (Lipinski definition) is 9. The molecule has 0 spiro atoms. The summed E-state index contributed by atoms with van der Waals surface area (Å²) in [5.74, 6) is -2.92. The second-order valence-electron chi connectivity index (χ2n) is 12.8. The van der Waals surface area contributed by atoms with Crippen LogP contribution in [-0.4, -0.2) is 77.9 Å². The molecular weight excluding hydrogens is 724 g/mol. The quantitative estimate of drug-likeness (QED) is 0.0278. The third-order valence-corrected chi connectivity index (χ3v) is 8.89. The van der Waals surface area contributed by atoms with E-state index in [1.165, 1.54) is 6.08 Å². The summed E-state index contributed by atoms with van der Waals surface area (Å²) in [6.45, 7) is 3.91. The molecule has 4 aromatic rings. The first kappa shape index (κ1) is 41.4. The van der Waals surface area contributed by atoms with Crippen molar-refractivity contribution in [3.8, 4) is 0 Å². The van der Waals surface area contributed by atoms with E-state index >= 15 is 0 Å². The number of carbonyl (C=O) groups excluding carboxylic acids is 5. The van der Waals surface area contributed by atoms with Gasteiger partial charge in [0.15, 0.2) is 5.96 Å². The van der Waals surface area contributed by atoms with Gasteiger partial charge in [-0.15, -0.1) is 6.58 Å². The fourth-order valence-electron chi connectivity index (χ4n) is 5.83.